The van der Waals surface area contributed by atoms with Gasteiger partial charge in [0.25, 0.3) is 0 Å². The van der Waals surface area contributed by atoms with Gasteiger partial charge in [-0.15, -0.1) is 0 Å². The zero-order valence-corrected chi connectivity index (χ0v) is 7.95. The highest BCUT2D eigenvalue weighted by Crippen LogP contribution is 2.16. The number of rotatable bonds is 2. The summed E-state index contributed by atoms with van der Waals surface area (Å²) in [6.07, 6.45) is 0. The van der Waals surface area contributed by atoms with Crippen LogP contribution in [-0.2, 0) is 15.1 Å². The molecule has 0 saturated carbocycles. The zero-order chi connectivity index (χ0) is 10.8. The first-order chi connectivity index (χ1) is 6.48. The minimum absolute atomic E-state index is 0.143. The Morgan fingerprint density at radius 2 is 2.29 bits per heavy atom. The quantitative estimate of drug-likeness (QED) is 0.557. The molecule has 4 nitrogen and oxygen atoms in total. The van der Waals surface area contributed by atoms with E-state index in [4.69, 9.17) is 5.73 Å². The summed E-state index contributed by atoms with van der Waals surface area (Å²) in [5.74, 6) is -1.33. The monoisotopic (exact) mass is 198 g/mol. The lowest BCUT2D eigenvalue weighted by Crippen LogP contribution is -2.43. The molecule has 0 aromatic carbocycles. The van der Waals surface area contributed by atoms with E-state index in [1.807, 2.05) is 0 Å². The van der Waals surface area contributed by atoms with Crippen LogP contribution in [0.15, 0.2) is 18.2 Å². The number of methoxy groups -OCH3 is 1. The number of nitrogens with two attached hydrogens (primary N) is 1. The Labute approximate surface area is 80.9 Å². The van der Waals surface area contributed by atoms with Crippen LogP contribution in [0.4, 0.5) is 4.39 Å². The van der Waals surface area contributed by atoms with Gasteiger partial charge >= 0.3 is 5.97 Å². The Morgan fingerprint density at radius 3 is 2.79 bits per heavy atom. The molecular weight excluding hydrogens is 187 g/mol. The highest BCUT2D eigenvalue weighted by molar-refractivity contribution is 5.81. The summed E-state index contributed by atoms with van der Waals surface area (Å²) in [5.41, 5.74) is 4.38. The van der Waals surface area contributed by atoms with Gasteiger partial charge in [0, 0.05) is 0 Å². The molecule has 0 aliphatic rings. The van der Waals surface area contributed by atoms with E-state index < -0.39 is 17.5 Å². The van der Waals surface area contributed by atoms with Gasteiger partial charge in [0.1, 0.15) is 0 Å². The van der Waals surface area contributed by atoms with Crippen LogP contribution in [-0.4, -0.2) is 18.1 Å². The van der Waals surface area contributed by atoms with Crippen molar-refractivity contribution >= 4 is 5.97 Å². The molecule has 0 fully saturated rings. The first-order valence-corrected chi connectivity index (χ1v) is 3.99. The molecule has 0 bridgehead atoms. The number of esters is 1. The lowest BCUT2D eigenvalue weighted by molar-refractivity contribution is -0.146. The summed E-state index contributed by atoms with van der Waals surface area (Å²) in [4.78, 5) is 14.8. The van der Waals surface area contributed by atoms with E-state index in [9.17, 15) is 9.18 Å². The lowest BCUT2D eigenvalue weighted by atomic mass is 9.99. The van der Waals surface area contributed by atoms with Gasteiger partial charge in [0.05, 0.1) is 12.8 Å². The van der Waals surface area contributed by atoms with Crippen molar-refractivity contribution in [1.29, 1.82) is 0 Å². The average Bonchev–Trinajstić information content (AvgIpc) is 2.16. The molecule has 1 aromatic rings. The van der Waals surface area contributed by atoms with Crippen molar-refractivity contribution in [3.05, 3.63) is 29.8 Å². The highest BCUT2D eigenvalue weighted by atomic mass is 19.1. The Hall–Kier alpha value is -1.49. The molecule has 0 spiro atoms. The second-order valence-electron chi connectivity index (χ2n) is 3.04. The molecule has 2 N–H and O–H groups in total. The molecular formula is C9H11FN2O2. The van der Waals surface area contributed by atoms with Crippen LogP contribution in [0.2, 0.25) is 0 Å². The van der Waals surface area contributed by atoms with Crippen molar-refractivity contribution in [2.45, 2.75) is 12.5 Å². The number of aromatic nitrogens is 1. The second-order valence-corrected chi connectivity index (χ2v) is 3.04. The smallest absolute Gasteiger partial charge is 0.331 e. The summed E-state index contributed by atoms with van der Waals surface area (Å²) >= 11 is 0. The van der Waals surface area contributed by atoms with Gasteiger partial charge in [-0.3, -0.25) is 0 Å². The molecule has 14 heavy (non-hydrogen) atoms. The molecule has 0 amide bonds. The fourth-order valence-corrected chi connectivity index (χ4v) is 1.01. The SMILES string of the molecule is COC(=O)[C@](C)(N)c1cccc(F)n1. The van der Waals surface area contributed by atoms with Crippen molar-refractivity contribution in [2.24, 2.45) is 5.73 Å². The first-order valence-electron chi connectivity index (χ1n) is 3.99. The zero-order valence-electron chi connectivity index (χ0n) is 7.95. The molecule has 5 heteroatoms. The molecule has 1 rings (SSSR count). The molecule has 1 atom stereocenters. The minimum atomic E-state index is -1.42. The van der Waals surface area contributed by atoms with Crippen LogP contribution in [0, 0.1) is 5.95 Å². The standard InChI is InChI=1S/C9H11FN2O2/c1-9(11,8(13)14-2)6-4-3-5-7(10)12-6/h3-5H,11H2,1-2H3/t9-/m1/s1. The van der Waals surface area contributed by atoms with Crippen LogP contribution < -0.4 is 5.73 Å². The number of ether oxygens (including phenoxy) is 1. The fourth-order valence-electron chi connectivity index (χ4n) is 1.01. The van der Waals surface area contributed by atoms with Crippen LogP contribution >= 0.6 is 0 Å². The molecule has 1 aromatic heterocycles. The number of carbonyl (C=O) groups excluding carboxylic acids is 1. The molecule has 0 aliphatic carbocycles. The summed E-state index contributed by atoms with van der Waals surface area (Å²) in [6.45, 7) is 1.42. The third-order valence-electron chi connectivity index (χ3n) is 1.86. The molecule has 0 saturated heterocycles. The highest BCUT2D eigenvalue weighted by Gasteiger charge is 2.33. The lowest BCUT2D eigenvalue weighted by Gasteiger charge is -2.20. The Bertz CT molecular complexity index is 352. The Morgan fingerprint density at radius 1 is 1.64 bits per heavy atom. The molecule has 76 valence electrons. The topological polar surface area (TPSA) is 65.2 Å². The largest absolute Gasteiger partial charge is 0.467 e. The molecule has 0 aliphatic heterocycles. The van der Waals surface area contributed by atoms with E-state index in [1.165, 1.54) is 32.2 Å². The van der Waals surface area contributed by atoms with Crippen LogP contribution in [0.25, 0.3) is 0 Å². The number of carbonyl (C=O) groups is 1. The molecule has 0 unspecified atom stereocenters. The molecule has 0 radical (unpaired) electrons. The van der Waals surface area contributed by atoms with Gasteiger partial charge < -0.3 is 10.5 Å². The van der Waals surface area contributed by atoms with Gasteiger partial charge in [-0.25, -0.2) is 9.78 Å². The van der Waals surface area contributed by atoms with E-state index in [2.05, 4.69) is 9.72 Å². The van der Waals surface area contributed by atoms with Crippen LogP contribution in [0.1, 0.15) is 12.6 Å². The maximum Gasteiger partial charge on any atom is 0.331 e. The minimum Gasteiger partial charge on any atom is -0.467 e. The van der Waals surface area contributed by atoms with Crippen molar-refractivity contribution in [3.63, 3.8) is 0 Å². The summed E-state index contributed by atoms with van der Waals surface area (Å²) in [7, 11) is 1.22. The molecule has 1 heterocycles. The van der Waals surface area contributed by atoms with Gasteiger partial charge in [-0.1, -0.05) is 6.07 Å². The predicted molar refractivity (Wildman–Crippen MR) is 47.8 cm³/mol. The van der Waals surface area contributed by atoms with E-state index in [1.54, 1.807) is 0 Å². The van der Waals surface area contributed by atoms with Crippen LogP contribution in [0.3, 0.4) is 0 Å². The van der Waals surface area contributed by atoms with Crippen molar-refractivity contribution in [3.8, 4) is 0 Å². The third kappa shape index (κ3) is 1.88. The number of halogens is 1. The maximum absolute atomic E-state index is 12.7. The first kappa shape index (κ1) is 10.6. The van der Waals surface area contributed by atoms with E-state index in [0.29, 0.717) is 0 Å². The van der Waals surface area contributed by atoms with Gasteiger partial charge in [0.15, 0.2) is 5.54 Å². The van der Waals surface area contributed by atoms with Crippen molar-refractivity contribution < 1.29 is 13.9 Å². The van der Waals surface area contributed by atoms with Crippen LogP contribution in [0.5, 0.6) is 0 Å². The summed E-state index contributed by atoms with van der Waals surface area (Å²) < 4.78 is 17.2. The third-order valence-corrected chi connectivity index (χ3v) is 1.86. The second kappa shape index (κ2) is 3.71. The maximum atomic E-state index is 12.7. The average molecular weight is 198 g/mol. The van der Waals surface area contributed by atoms with E-state index >= 15 is 0 Å². The van der Waals surface area contributed by atoms with Gasteiger partial charge in [0.2, 0.25) is 5.95 Å². The predicted octanol–water partition coefficient (Wildman–Crippen LogP) is 0.568. The van der Waals surface area contributed by atoms with E-state index in [-0.39, 0.29) is 5.69 Å². The van der Waals surface area contributed by atoms with Gasteiger partial charge in [-0.05, 0) is 19.1 Å². The van der Waals surface area contributed by atoms with E-state index in [0.717, 1.165) is 0 Å². The van der Waals surface area contributed by atoms with Crippen molar-refractivity contribution in [2.75, 3.05) is 7.11 Å². The number of pyridine rings is 1. The normalized spacial score (nSPS) is 14.6. The van der Waals surface area contributed by atoms with Gasteiger partial charge in [-0.2, -0.15) is 4.39 Å². The Balaban J connectivity index is 3.09. The number of nitrogens with zero attached hydrogens (tertiary/aromatic N) is 1. The Kier molecular flexibility index (Phi) is 2.81. The summed E-state index contributed by atoms with van der Waals surface area (Å²) in [6, 6.07) is 4.09. The van der Waals surface area contributed by atoms with Crippen molar-refractivity contribution in [1.82, 2.24) is 4.98 Å². The summed E-state index contributed by atoms with van der Waals surface area (Å²) in [5, 5.41) is 0. The number of hydrogen-bond donors (Lipinski definition) is 1. The fraction of sp³-hybridized carbons (Fsp3) is 0.333. The number of hydrogen-bond acceptors (Lipinski definition) is 4.